The zero-order valence-corrected chi connectivity index (χ0v) is 10.8. The van der Waals surface area contributed by atoms with E-state index in [0.717, 1.165) is 16.9 Å². The van der Waals surface area contributed by atoms with Crippen LogP contribution in [0.15, 0.2) is 18.2 Å². The molecule has 0 radical (unpaired) electrons. The first-order valence-corrected chi connectivity index (χ1v) is 5.70. The normalized spacial score (nSPS) is 10.0. The summed E-state index contributed by atoms with van der Waals surface area (Å²) in [6.07, 6.45) is 0. The van der Waals surface area contributed by atoms with Gasteiger partial charge in [-0.2, -0.15) is 12.6 Å². The fraction of sp³-hybridized carbons (Fsp3) is 0.417. The minimum Gasteiger partial charge on any atom is -0.496 e. The summed E-state index contributed by atoms with van der Waals surface area (Å²) < 4.78 is 5.26. The van der Waals surface area contributed by atoms with E-state index in [2.05, 4.69) is 12.6 Å². The van der Waals surface area contributed by atoms with Gasteiger partial charge in [0.05, 0.1) is 12.9 Å². The number of hydrogen-bond donors (Lipinski definition) is 1. The molecule has 0 spiro atoms. The number of aryl methyl sites for hydroxylation is 1. The summed E-state index contributed by atoms with van der Waals surface area (Å²) in [7, 11) is 3.40. The number of hydrogen-bond acceptors (Lipinski definition) is 3. The van der Waals surface area contributed by atoms with E-state index in [0.29, 0.717) is 6.54 Å². The van der Waals surface area contributed by atoms with Crippen LogP contribution in [0.3, 0.4) is 0 Å². The maximum Gasteiger partial charge on any atom is 0.232 e. The molecule has 0 atom stereocenters. The zero-order valence-electron chi connectivity index (χ0n) is 9.86. The third-order valence-electron chi connectivity index (χ3n) is 2.40. The van der Waals surface area contributed by atoms with Crippen LogP contribution in [0.1, 0.15) is 11.1 Å². The number of carbonyl (C=O) groups is 1. The molecule has 0 saturated carbocycles. The number of amides is 1. The molecule has 88 valence electrons. The number of nitrogens with zero attached hydrogens (tertiary/aromatic N) is 1. The van der Waals surface area contributed by atoms with Crippen LogP contribution in [0, 0.1) is 6.92 Å². The predicted molar refractivity (Wildman–Crippen MR) is 68.1 cm³/mol. The molecule has 4 heteroatoms. The number of rotatable bonds is 4. The van der Waals surface area contributed by atoms with Crippen LogP contribution in [0.2, 0.25) is 0 Å². The van der Waals surface area contributed by atoms with Gasteiger partial charge < -0.3 is 9.64 Å². The van der Waals surface area contributed by atoms with Gasteiger partial charge in [-0.15, -0.1) is 0 Å². The lowest BCUT2D eigenvalue weighted by atomic mass is 10.1. The molecular formula is C12H17NO2S. The molecular weight excluding hydrogens is 222 g/mol. The SMILES string of the molecule is COc1ccc(C)cc1CN(C)C(=O)CS. The third kappa shape index (κ3) is 3.17. The minimum absolute atomic E-state index is 0.00638. The van der Waals surface area contributed by atoms with E-state index in [1.54, 1.807) is 19.1 Å². The van der Waals surface area contributed by atoms with Gasteiger partial charge in [-0.3, -0.25) is 4.79 Å². The van der Waals surface area contributed by atoms with Crippen LogP contribution in [0.5, 0.6) is 5.75 Å². The van der Waals surface area contributed by atoms with Gasteiger partial charge in [-0.25, -0.2) is 0 Å². The standard InChI is InChI=1S/C12H17NO2S/c1-9-4-5-11(15-3)10(6-9)7-13(2)12(14)8-16/h4-6,16H,7-8H2,1-3H3. The van der Waals surface area contributed by atoms with Crippen molar-refractivity contribution < 1.29 is 9.53 Å². The predicted octanol–water partition coefficient (Wildman–Crippen LogP) is 1.89. The van der Waals surface area contributed by atoms with E-state index in [4.69, 9.17) is 4.74 Å². The number of methoxy groups -OCH3 is 1. The largest absolute Gasteiger partial charge is 0.496 e. The van der Waals surface area contributed by atoms with Gasteiger partial charge in [0, 0.05) is 19.2 Å². The molecule has 1 aromatic carbocycles. The first-order valence-electron chi connectivity index (χ1n) is 5.06. The highest BCUT2D eigenvalue weighted by Crippen LogP contribution is 2.20. The Labute approximate surface area is 102 Å². The van der Waals surface area contributed by atoms with E-state index in [9.17, 15) is 4.79 Å². The molecule has 0 bridgehead atoms. The third-order valence-corrected chi connectivity index (χ3v) is 2.67. The summed E-state index contributed by atoms with van der Waals surface area (Å²) in [6.45, 7) is 2.56. The summed E-state index contributed by atoms with van der Waals surface area (Å²) in [4.78, 5) is 13.1. The van der Waals surface area contributed by atoms with Crippen molar-refractivity contribution in [3.8, 4) is 5.75 Å². The zero-order chi connectivity index (χ0) is 12.1. The topological polar surface area (TPSA) is 29.5 Å². The van der Waals surface area contributed by atoms with E-state index < -0.39 is 0 Å². The molecule has 0 N–H and O–H groups in total. The Morgan fingerprint density at radius 2 is 2.19 bits per heavy atom. The van der Waals surface area contributed by atoms with Gasteiger partial charge in [-0.1, -0.05) is 17.7 Å². The Kier molecular flexibility index (Phi) is 4.68. The molecule has 0 aromatic heterocycles. The Balaban J connectivity index is 2.86. The van der Waals surface area contributed by atoms with Gasteiger partial charge in [0.15, 0.2) is 0 Å². The lowest BCUT2D eigenvalue weighted by Gasteiger charge is -2.18. The lowest BCUT2D eigenvalue weighted by molar-refractivity contribution is -0.127. The van der Waals surface area contributed by atoms with Crippen molar-refractivity contribution in [1.82, 2.24) is 4.90 Å². The smallest absolute Gasteiger partial charge is 0.232 e. The number of carbonyl (C=O) groups excluding carboxylic acids is 1. The van der Waals surface area contributed by atoms with Crippen LogP contribution < -0.4 is 4.74 Å². The van der Waals surface area contributed by atoms with E-state index in [1.807, 2.05) is 25.1 Å². The Morgan fingerprint density at radius 1 is 1.50 bits per heavy atom. The van der Waals surface area contributed by atoms with Gasteiger partial charge >= 0.3 is 0 Å². The Hall–Kier alpha value is -1.16. The van der Waals surface area contributed by atoms with Crippen molar-refractivity contribution in [2.75, 3.05) is 19.9 Å². The first-order chi connectivity index (χ1) is 7.58. The van der Waals surface area contributed by atoms with Crippen molar-refractivity contribution in [2.24, 2.45) is 0 Å². The van der Waals surface area contributed by atoms with Gasteiger partial charge in [0.2, 0.25) is 5.91 Å². The van der Waals surface area contributed by atoms with Crippen LogP contribution in [-0.2, 0) is 11.3 Å². The summed E-state index contributed by atoms with van der Waals surface area (Å²) >= 11 is 3.97. The maximum atomic E-state index is 11.4. The number of benzene rings is 1. The molecule has 0 unspecified atom stereocenters. The summed E-state index contributed by atoms with van der Waals surface area (Å²) in [6, 6.07) is 5.94. The van der Waals surface area contributed by atoms with Crippen molar-refractivity contribution >= 4 is 18.5 Å². The van der Waals surface area contributed by atoms with Crippen molar-refractivity contribution in [3.05, 3.63) is 29.3 Å². The molecule has 1 rings (SSSR count). The molecule has 0 saturated heterocycles. The molecule has 3 nitrogen and oxygen atoms in total. The van der Waals surface area contributed by atoms with Crippen LogP contribution in [-0.4, -0.2) is 30.7 Å². The second-order valence-electron chi connectivity index (χ2n) is 3.72. The molecule has 1 amide bonds. The van der Waals surface area contributed by atoms with Crippen LogP contribution in [0.4, 0.5) is 0 Å². The second kappa shape index (κ2) is 5.80. The van der Waals surface area contributed by atoms with E-state index in [1.165, 1.54) is 0 Å². The number of thiol groups is 1. The average molecular weight is 239 g/mol. The monoisotopic (exact) mass is 239 g/mol. The van der Waals surface area contributed by atoms with Gasteiger partial charge in [-0.05, 0) is 13.0 Å². The molecule has 0 aliphatic heterocycles. The molecule has 0 heterocycles. The second-order valence-corrected chi connectivity index (χ2v) is 4.04. The molecule has 0 aliphatic rings. The molecule has 0 aliphatic carbocycles. The highest BCUT2D eigenvalue weighted by atomic mass is 32.1. The van der Waals surface area contributed by atoms with Gasteiger partial charge in [0.1, 0.15) is 5.75 Å². The fourth-order valence-electron chi connectivity index (χ4n) is 1.50. The lowest BCUT2D eigenvalue weighted by Crippen LogP contribution is -2.27. The average Bonchev–Trinajstić information content (AvgIpc) is 2.28. The summed E-state index contributed by atoms with van der Waals surface area (Å²) in [5, 5.41) is 0. The Bertz CT molecular complexity index is 379. The van der Waals surface area contributed by atoms with Crippen molar-refractivity contribution in [3.63, 3.8) is 0 Å². The number of ether oxygens (including phenoxy) is 1. The van der Waals surface area contributed by atoms with Crippen molar-refractivity contribution in [1.29, 1.82) is 0 Å². The minimum atomic E-state index is 0.00638. The quantitative estimate of drug-likeness (QED) is 0.813. The molecule has 1 aromatic rings. The highest BCUT2D eigenvalue weighted by Gasteiger charge is 2.10. The summed E-state index contributed by atoms with van der Waals surface area (Å²) in [5.41, 5.74) is 2.17. The highest BCUT2D eigenvalue weighted by molar-refractivity contribution is 7.81. The maximum absolute atomic E-state index is 11.4. The molecule has 16 heavy (non-hydrogen) atoms. The first kappa shape index (κ1) is 12.9. The fourth-order valence-corrected chi connectivity index (χ4v) is 1.74. The van der Waals surface area contributed by atoms with Crippen LogP contribution >= 0.6 is 12.6 Å². The molecule has 0 fully saturated rings. The van der Waals surface area contributed by atoms with Crippen molar-refractivity contribution in [2.45, 2.75) is 13.5 Å². The van der Waals surface area contributed by atoms with Crippen LogP contribution in [0.25, 0.3) is 0 Å². The van der Waals surface area contributed by atoms with E-state index >= 15 is 0 Å². The van der Waals surface area contributed by atoms with Gasteiger partial charge in [0.25, 0.3) is 0 Å². The van der Waals surface area contributed by atoms with E-state index in [-0.39, 0.29) is 11.7 Å². The summed E-state index contributed by atoms with van der Waals surface area (Å²) in [5.74, 6) is 1.04. The Morgan fingerprint density at radius 3 is 2.75 bits per heavy atom.